The minimum absolute atomic E-state index is 0.0111. The predicted octanol–water partition coefficient (Wildman–Crippen LogP) is 2.49. The van der Waals surface area contributed by atoms with Crippen molar-refractivity contribution < 1.29 is 23.8 Å². The third-order valence-corrected chi connectivity index (χ3v) is 2.33. The highest BCUT2D eigenvalue weighted by Crippen LogP contribution is 2.31. The Labute approximate surface area is 98.3 Å². The summed E-state index contributed by atoms with van der Waals surface area (Å²) >= 11 is 0. The molecule has 0 saturated carbocycles. The van der Waals surface area contributed by atoms with Crippen LogP contribution in [0, 0.1) is 0 Å². The Bertz CT molecular complexity index is 466. The first kappa shape index (κ1) is 13.0. The largest absolute Gasteiger partial charge is 0.497 e. The van der Waals surface area contributed by atoms with Crippen LogP contribution in [0.25, 0.3) is 5.57 Å². The Hall–Kier alpha value is -2.04. The maximum atomic E-state index is 13.3. The monoisotopic (exact) mass is 240 g/mol. The highest BCUT2D eigenvalue weighted by atomic mass is 19.1. The molecule has 0 amide bonds. The molecule has 92 valence electrons. The number of hydrogen-bond donors (Lipinski definition) is 1. The number of halogens is 1. The van der Waals surface area contributed by atoms with E-state index < -0.39 is 11.8 Å². The van der Waals surface area contributed by atoms with Crippen molar-refractivity contribution in [1.82, 2.24) is 0 Å². The molecule has 0 aliphatic rings. The van der Waals surface area contributed by atoms with Gasteiger partial charge in [-0.3, -0.25) is 0 Å². The van der Waals surface area contributed by atoms with Crippen molar-refractivity contribution in [1.29, 1.82) is 0 Å². The van der Waals surface area contributed by atoms with Crippen LogP contribution in [-0.4, -0.2) is 25.3 Å². The molecule has 5 heteroatoms. The van der Waals surface area contributed by atoms with Crippen molar-refractivity contribution in [3.8, 4) is 11.5 Å². The minimum Gasteiger partial charge on any atom is -0.497 e. The van der Waals surface area contributed by atoms with Gasteiger partial charge in [0.15, 0.2) is 0 Å². The molecule has 1 aromatic carbocycles. The predicted molar refractivity (Wildman–Crippen MR) is 60.9 cm³/mol. The number of allylic oxidation sites excluding steroid dienone is 1. The average molecular weight is 240 g/mol. The summed E-state index contributed by atoms with van der Waals surface area (Å²) in [6.45, 7) is 1.38. The van der Waals surface area contributed by atoms with E-state index in [4.69, 9.17) is 14.6 Å². The van der Waals surface area contributed by atoms with E-state index in [1.165, 1.54) is 21.1 Å². The molecule has 1 N–H and O–H groups in total. The van der Waals surface area contributed by atoms with Crippen LogP contribution in [-0.2, 0) is 4.79 Å². The Morgan fingerprint density at radius 2 is 1.94 bits per heavy atom. The zero-order chi connectivity index (χ0) is 13.0. The first-order valence-electron chi connectivity index (χ1n) is 4.83. The van der Waals surface area contributed by atoms with E-state index >= 15 is 0 Å². The van der Waals surface area contributed by atoms with Crippen LogP contribution in [0.5, 0.6) is 11.5 Å². The van der Waals surface area contributed by atoms with Gasteiger partial charge in [-0.05, 0) is 19.1 Å². The maximum Gasteiger partial charge on any atom is 0.365 e. The molecule has 1 rings (SSSR count). The van der Waals surface area contributed by atoms with Crippen LogP contribution in [0.2, 0.25) is 0 Å². The molecular formula is C12H13FO4. The van der Waals surface area contributed by atoms with E-state index in [0.717, 1.165) is 0 Å². The van der Waals surface area contributed by atoms with E-state index in [1.54, 1.807) is 18.2 Å². The molecule has 0 aromatic heterocycles. The summed E-state index contributed by atoms with van der Waals surface area (Å²) in [5.74, 6) is -1.89. The molecule has 4 nitrogen and oxygen atoms in total. The lowest BCUT2D eigenvalue weighted by Gasteiger charge is -2.10. The lowest BCUT2D eigenvalue weighted by Crippen LogP contribution is -1.99. The van der Waals surface area contributed by atoms with E-state index in [2.05, 4.69) is 0 Å². The molecule has 0 aliphatic heterocycles. The number of hydrogen-bond acceptors (Lipinski definition) is 3. The summed E-state index contributed by atoms with van der Waals surface area (Å²) in [7, 11) is 2.92. The van der Waals surface area contributed by atoms with Crippen LogP contribution in [0.1, 0.15) is 12.5 Å². The third kappa shape index (κ3) is 2.75. The van der Waals surface area contributed by atoms with Gasteiger partial charge in [0.05, 0.1) is 14.2 Å². The van der Waals surface area contributed by atoms with Crippen LogP contribution in [0.3, 0.4) is 0 Å². The second kappa shape index (κ2) is 5.34. The normalized spacial score (nSPS) is 11.8. The van der Waals surface area contributed by atoms with Gasteiger partial charge in [0.1, 0.15) is 11.5 Å². The molecular weight excluding hydrogens is 227 g/mol. The van der Waals surface area contributed by atoms with Crippen molar-refractivity contribution in [3.05, 3.63) is 29.6 Å². The highest BCUT2D eigenvalue weighted by Gasteiger charge is 2.15. The summed E-state index contributed by atoms with van der Waals surface area (Å²) in [5.41, 5.74) is 0.394. The maximum absolute atomic E-state index is 13.3. The van der Waals surface area contributed by atoms with Gasteiger partial charge >= 0.3 is 5.97 Å². The van der Waals surface area contributed by atoms with Gasteiger partial charge < -0.3 is 14.6 Å². The quantitative estimate of drug-likeness (QED) is 0.821. The van der Waals surface area contributed by atoms with Crippen molar-refractivity contribution in [2.75, 3.05) is 14.2 Å². The molecule has 0 saturated heterocycles. The Kier molecular flexibility index (Phi) is 4.09. The van der Waals surface area contributed by atoms with Gasteiger partial charge in [-0.15, -0.1) is 0 Å². The molecule has 0 bridgehead atoms. The fourth-order valence-electron chi connectivity index (χ4n) is 1.39. The molecule has 0 spiro atoms. The number of carboxylic acids is 1. The second-order valence-corrected chi connectivity index (χ2v) is 3.31. The SMILES string of the molecule is COc1ccc(C(C)=C(F)C(=O)O)c(OC)c1. The van der Waals surface area contributed by atoms with E-state index in [0.29, 0.717) is 17.1 Å². The van der Waals surface area contributed by atoms with Crippen LogP contribution < -0.4 is 9.47 Å². The molecule has 1 aromatic rings. The lowest BCUT2D eigenvalue weighted by atomic mass is 10.1. The summed E-state index contributed by atoms with van der Waals surface area (Å²) in [5, 5.41) is 8.58. The number of rotatable bonds is 4. The van der Waals surface area contributed by atoms with Gasteiger partial charge in [0.25, 0.3) is 0 Å². The number of aliphatic carboxylic acids is 1. The van der Waals surface area contributed by atoms with Crippen molar-refractivity contribution in [2.45, 2.75) is 6.92 Å². The number of ether oxygens (including phenoxy) is 2. The van der Waals surface area contributed by atoms with Crippen molar-refractivity contribution >= 4 is 11.5 Å². The average Bonchev–Trinajstić information content (AvgIpc) is 2.35. The minimum atomic E-state index is -1.60. The number of benzene rings is 1. The van der Waals surface area contributed by atoms with Gasteiger partial charge in [-0.25, -0.2) is 4.79 Å². The highest BCUT2D eigenvalue weighted by molar-refractivity contribution is 5.94. The summed E-state index contributed by atoms with van der Waals surface area (Å²) in [6.07, 6.45) is 0. The molecule has 0 atom stereocenters. The molecule has 0 heterocycles. The van der Waals surface area contributed by atoms with Gasteiger partial charge in [-0.2, -0.15) is 4.39 Å². The smallest absolute Gasteiger partial charge is 0.365 e. The van der Waals surface area contributed by atoms with Crippen LogP contribution >= 0.6 is 0 Å². The van der Waals surface area contributed by atoms with Gasteiger partial charge in [-0.1, -0.05) is 0 Å². The zero-order valence-corrected chi connectivity index (χ0v) is 9.78. The van der Waals surface area contributed by atoms with Crippen LogP contribution in [0.4, 0.5) is 4.39 Å². The molecule has 0 radical (unpaired) electrons. The standard InChI is InChI=1S/C12H13FO4/c1-7(11(13)12(14)15)9-5-4-8(16-2)6-10(9)17-3/h4-6H,1-3H3,(H,14,15). The van der Waals surface area contributed by atoms with Gasteiger partial charge in [0, 0.05) is 17.2 Å². The van der Waals surface area contributed by atoms with Crippen molar-refractivity contribution in [3.63, 3.8) is 0 Å². The number of methoxy groups -OCH3 is 2. The molecule has 0 unspecified atom stereocenters. The van der Waals surface area contributed by atoms with Gasteiger partial charge in [0.2, 0.25) is 5.83 Å². The first-order valence-corrected chi connectivity index (χ1v) is 4.83. The topological polar surface area (TPSA) is 55.8 Å². The number of carboxylic acid groups (broad SMARTS) is 1. The van der Waals surface area contributed by atoms with E-state index in [9.17, 15) is 9.18 Å². The lowest BCUT2D eigenvalue weighted by molar-refractivity contribution is -0.134. The fraction of sp³-hybridized carbons (Fsp3) is 0.250. The molecule has 0 aliphatic carbocycles. The Morgan fingerprint density at radius 1 is 1.29 bits per heavy atom. The zero-order valence-electron chi connectivity index (χ0n) is 9.78. The third-order valence-electron chi connectivity index (χ3n) is 2.33. The first-order chi connectivity index (χ1) is 8.01. The Balaban J connectivity index is 3.32. The summed E-state index contributed by atoms with van der Waals surface area (Å²) < 4.78 is 23.4. The summed E-state index contributed by atoms with van der Waals surface area (Å²) in [4.78, 5) is 10.5. The Morgan fingerprint density at radius 3 is 2.41 bits per heavy atom. The second-order valence-electron chi connectivity index (χ2n) is 3.31. The summed E-state index contributed by atoms with van der Waals surface area (Å²) in [6, 6.07) is 4.72. The number of carbonyl (C=O) groups is 1. The van der Waals surface area contributed by atoms with Crippen molar-refractivity contribution in [2.24, 2.45) is 0 Å². The molecule has 17 heavy (non-hydrogen) atoms. The van der Waals surface area contributed by atoms with E-state index in [1.807, 2.05) is 0 Å². The molecule has 0 fully saturated rings. The van der Waals surface area contributed by atoms with Crippen LogP contribution in [0.15, 0.2) is 24.0 Å². The van der Waals surface area contributed by atoms with E-state index in [-0.39, 0.29) is 5.57 Å². The fourth-order valence-corrected chi connectivity index (χ4v) is 1.39.